The van der Waals surface area contributed by atoms with E-state index in [0.717, 1.165) is 27.2 Å². The minimum absolute atomic E-state index is 0.00718. The predicted molar refractivity (Wildman–Crippen MR) is 162 cm³/mol. The number of aromatic nitrogens is 3. The van der Waals surface area contributed by atoms with Crippen LogP contribution in [0.1, 0.15) is 46.5 Å². The normalized spacial score (nSPS) is 20.3. The predicted octanol–water partition coefficient (Wildman–Crippen LogP) is 6.35. The lowest BCUT2D eigenvalue weighted by molar-refractivity contribution is -0.268. The molecular formula is C33H30N4O4S. The Morgan fingerprint density at radius 3 is 2.36 bits per heavy atom. The van der Waals surface area contributed by atoms with Crippen molar-refractivity contribution in [3.05, 3.63) is 126 Å². The van der Waals surface area contributed by atoms with Crippen LogP contribution >= 0.6 is 11.8 Å². The molecule has 0 bridgehead atoms. The number of pyridine rings is 1. The Morgan fingerprint density at radius 2 is 1.62 bits per heavy atom. The van der Waals surface area contributed by atoms with Crippen LogP contribution in [0.3, 0.4) is 0 Å². The van der Waals surface area contributed by atoms with Crippen molar-refractivity contribution >= 4 is 34.4 Å². The van der Waals surface area contributed by atoms with Crippen molar-refractivity contribution in [2.24, 2.45) is 5.92 Å². The molecular weight excluding hydrogens is 548 g/mol. The summed E-state index contributed by atoms with van der Waals surface area (Å²) in [5.41, 5.74) is 4.99. The van der Waals surface area contributed by atoms with Crippen LogP contribution in [0.2, 0.25) is 0 Å². The lowest BCUT2D eigenvalue weighted by Crippen LogP contribution is -2.38. The van der Waals surface area contributed by atoms with Crippen molar-refractivity contribution in [1.82, 2.24) is 15.0 Å². The van der Waals surface area contributed by atoms with E-state index in [0.29, 0.717) is 17.0 Å². The van der Waals surface area contributed by atoms with E-state index in [9.17, 15) is 9.90 Å². The quantitative estimate of drug-likeness (QED) is 0.205. The number of aliphatic hydroxyl groups excluding tert-OH is 1. The highest BCUT2D eigenvalue weighted by Crippen LogP contribution is 2.43. The number of nitrogens with one attached hydrogen (secondary N) is 1. The van der Waals surface area contributed by atoms with Crippen LogP contribution in [0.25, 0.3) is 11.0 Å². The summed E-state index contributed by atoms with van der Waals surface area (Å²) in [6.07, 6.45) is 2.35. The number of rotatable bonds is 8. The van der Waals surface area contributed by atoms with Crippen molar-refractivity contribution in [3.8, 4) is 0 Å². The Kier molecular flexibility index (Phi) is 8.52. The molecule has 0 aliphatic carbocycles. The van der Waals surface area contributed by atoms with E-state index >= 15 is 0 Å². The summed E-state index contributed by atoms with van der Waals surface area (Å²) in [4.78, 5) is 26.1. The largest absolute Gasteiger partial charge is 0.392 e. The first-order valence-electron chi connectivity index (χ1n) is 13.7. The number of ether oxygens (including phenoxy) is 2. The van der Waals surface area contributed by atoms with Crippen LogP contribution in [-0.2, 0) is 16.1 Å². The van der Waals surface area contributed by atoms with Gasteiger partial charge in [-0.05, 0) is 47.5 Å². The van der Waals surface area contributed by atoms with Crippen LogP contribution in [0.4, 0.5) is 5.69 Å². The Morgan fingerprint density at radius 1 is 0.881 bits per heavy atom. The Bertz CT molecular complexity index is 1650. The summed E-state index contributed by atoms with van der Waals surface area (Å²) < 4.78 is 13.1. The molecule has 3 heterocycles. The standard InChI is InChI=1S/C33H30N4O4S/c1-21-29(20-42-30-8-4-5-17-34-30)40-33(41-31(21)23-11-9-22(19-38)10-12-23)24-13-15-25(16-14-24)36-32(39)28-18-35-26-6-2-3-7-27(26)37-28/h2-18,21,29,31,33,38H,19-20H2,1H3,(H,36,39)/t21-,29+,31+,33+/m0/s1. The summed E-state index contributed by atoms with van der Waals surface area (Å²) in [6, 6.07) is 28.6. The van der Waals surface area contributed by atoms with Gasteiger partial charge in [0, 0.05) is 29.1 Å². The van der Waals surface area contributed by atoms with Gasteiger partial charge in [0.1, 0.15) is 5.69 Å². The van der Waals surface area contributed by atoms with Gasteiger partial charge in [0.05, 0.1) is 41.1 Å². The summed E-state index contributed by atoms with van der Waals surface area (Å²) >= 11 is 1.66. The molecule has 6 rings (SSSR count). The number of carbonyl (C=O) groups excluding carboxylic acids is 1. The fourth-order valence-electron chi connectivity index (χ4n) is 4.90. The van der Waals surface area contributed by atoms with E-state index in [1.54, 1.807) is 18.0 Å². The second kappa shape index (κ2) is 12.8. The lowest BCUT2D eigenvalue weighted by atomic mass is 9.91. The fourth-order valence-corrected chi connectivity index (χ4v) is 5.92. The van der Waals surface area contributed by atoms with Gasteiger partial charge in [0.15, 0.2) is 6.29 Å². The van der Waals surface area contributed by atoms with E-state index in [1.165, 1.54) is 6.20 Å². The van der Waals surface area contributed by atoms with Crippen LogP contribution in [0, 0.1) is 5.92 Å². The number of hydrogen-bond acceptors (Lipinski definition) is 8. The van der Waals surface area contributed by atoms with Gasteiger partial charge in [-0.15, -0.1) is 11.8 Å². The zero-order valence-electron chi connectivity index (χ0n) is 23.0. The summed E-state index contributed by atoms with van der Waals surface area (Å²) in [7, 11) is 0. The first kappa shape index (κ1) is 28.0. The molecule has 5 aromatic rings. The van der Waals surface area contributed by atoms with Crippen LogP contribution in [0.5, 0.6) is 0 Å². The van der Waals surface area contributed by atoms with Crippen molar-refractivity contribution in [1.29, 1.82) is 0 Å². The van der Waals surface area contributed by atoms with Crippen molar-refractivity contribution < 1.29 is 19.4 Å². The third-order valence-corrected chi connectivity index (χ3v) is 8.31. The first-order chi connectivity index (χ1) is 20.6. The topological polar surface area (TPSA) is 106 Å². The molecule has 1 amide bonds. The van der Waals surface area contributed by atoms with Gasteiger partial charge in [-0.25, -0.2) is 9.97 Å². The molecule has 212 valence electrons. The molecule has 2 aromatic heterocycles. The number of nitrogens with zero attached hydrogens (tertiary/aromatic N) is 3. The van der Waals surface area contributed by atoms with Gasteiger partial charge < -0.3 is 19.9 Å². The number of aliphatic hydroxyl groups is 1. The molecule has 8 nitrogen and oxygen atoms in total. The highest BCUT2D eigenvalue weighted by molar-refractivity contribution is 7.99. The van der Waals surface area contributed by atoms with Crippen LogP contribution < -0.4 is 5.32 Å². The van der Waals surface area contributed by atoms with E-state index in [4.69, 9.17) is 9.47 Å². The van der Waals surface area contributed by atoms with Gasteiger partial charge in [-0.3, -0.25) is 9.78 Å². The third kappa shape index (κ3) is 6.34. The van der Waals surface area contributed by atoms with E-state index in [2.05, 4.69) is 27.2 Å². The van der Waals surface area contributed by atoms with Crippen LogP contribution in [0.15, 0.2) is 108 Å². The van der Waals surface area contributed by atoms with Crippen LogP contribution in [-0.4, -0.2) is 37.8 Å². The fraction of sp³-hybridized carbons (Fsp3) is 0.212. The number of para-hydroxylation sites is 2. The molecule has 0 unspecified atom stereocenters. The maximum absolute atomic E-state index is 12.9. The zero-order chi connectivity index (χ0) is 28.9. The van der Waals surface area contributed by atoms with Crippen molar-refractivity contribution in [2.75, 3.05) is 11.1 Å². The van der Waals surface area contributed by atoms with Crippen molar-refractivity contribution in [3.63, 3.8) is 0 Å². The molecule has 42 heavy (non-hydrogen) atoms. The van der Waals surface area contributed by atoms with Gasteiger partial charge in [-0.1, -0.05) is 61.5 Å². The molecule has 1 saturated heterocycles. The van der Waals surface area contributed by atoms with E-state index < -0.39 is 6.29 Å². The second-order valence-electron chi connectivity index (χ2n) is 10.1. The Hall–Kier alpha value is -4.15. The minimum atomic E-state index is -0.603. The molecule has 3 aromatic carbocycles. The number of carbonyl (C=O) groups is 1. The smallest absolute Gasteiger partial charge is 0.275 e. The molecule has 1 aliphatic heterocycles. The highest BCUT2D eigenvalue weighted by atomic mass is 32.2. The maximum Gasteiger partial charge on any atom is 0.275 e. The summed E-state index contributed by atoms with van der Waals surface area (Å²) in [5, 5.41) is 13.3. The molecule has 0 spiro atoms. The van der Waals surface area contributed by atoms with Gasteiger partial charge in [0.25, 0.3) is 5.91 Å². The molecule has 1 aliphatic rings. The van der Waals surface area contributed by atoms with Gasteiger partial charge >= 0.3 is 0 Å². The average Bonchev–Trinajstić information content (AvgIpc) is 3.05. The molecule has 0 saturated carbocycles. The molecule has 2 N–H and O–H groups in total. The number of anilines is 1. The molecule has 0 radical (unpaired) electrons. The third-order valence-electron chi connectivity index (χ3n) is 7.28. The average molecular weight is 579 g/mol. The summed E-state index contributed by atoms with van der Waals surface area (Å²) in [5.74, 6) is 0.446. The number of thioether (sulfide) groups is 1. The number of hydrogen-bond donors (Lipinski definition) is 2. The number of amides is 1. The second-order valence-corrected chi connectivity index (χ2v) is 11.2. The Labute approximate surface area is 248 Å². The maximum atomic E-state index is 12.9. The Balaban J connectivity index is 1.19. The molecule has 1 fully saturated rings. The highest BCUT2D eigenvalue weighted by Gasteiger charge is 2.38. The number of fused-ring (bicyclic) bond motifs is 1. The molecule has 9 heteroatoms. The van der Waals surface area contributed by atoms with Crippen molar-refractivity contribution in [2.45, 2.75) is 37.1 Å². The number of benzene rings is 3. The van der Waals surface area contributed by atoms with E-state index in [1.807, 2.05) is 91.0 Å². The molecule has 4 atom stereocenters. The van der Waals surface area contributed by atoms with Gasteiger partial charge in [0.2, 0.25) is 0 Å². The first-order valence-corrected chi connectivity index (χ1v) is 14.7. The van der Waals surface area contributed by atoms with Gasteiger partial charge in [-0.2, -0.15) is 0 Å². The SMILES string of the molecule is C[C@H]1[C@@H](CSc2ccccn2)O[C@@H](c2ccc(NC(=O)c3cnc4ccccc4n3)cc2)O[C@H]1c1ccc(CO)cc1. The lowest BCUT2D eigenvalue weighted by Gasteiger charge is -2.41. The minimum Gasteiger partial charge on any atom is -0.392 e. The van der Waals surface area contributed by atoms with E-state index in [-0.39, 0.29) is 36.3 Å². The monoisotopic (exact) mass is 578 g/mol. The zero-order valence-corrected chi connectivity index (χ0v) is 23.8. The summed E-state index contributed by atoms with van der Waals surface area (Å²) in [6.45, 7) is 2.13.